The number of pyridine rings is 1. The minimum atomic E-state index is 0.612. The molecule has 0 aliphatic carbocycles. The Bertz CT molecular complexity index is 2310. The van der Waals surface area contributed by atoms with Gasteiger partial charge >= 0.3 is 0 Å². The molecule has 7 aromatic carbocycles. The molecule has 0 spiro atoms. The SMILES string of the molecule is N#Cc1ccnc(-c2ccc3cc(-c4c5ccccc5c(-c5cccc6ccccc56)c5ccccc45)ccc3c2)c1. The Balaban J connectivity index is 1.37. The smallest absolute Gasteiger partial charge is 0.0992 e. The molecule has 0 amide bonds. The van der Waals surface area contributed by atoms with Gasteiger partial charge in [0.2, 0.25) is 0 Å². The molecule has 0 N–H and O–H groups in total. The molecule has 8 rings (SSSR count). The predicted molar refractivity (Wildman–Crippen MR) is 175 cm³/mol. The first-order chi connectivity index (χ1) is 20.8. The summed E-state index contributed by atoms with van der Waals surface area (Å²) >= 11 is 0. The highest BCUT2D eigenvalue weighted by molar-refractivity contribution is 6.23. The van der Waals surface area contributed by atoms with E-state index in [1.165, 1.54) is 60.0 Å². The fourth-order valence-electron chi connectivity index (χ4n) is 6.39. The second-order valence-corrected chi connectivity index (χ2v) is 10.7. The van der Waals surface area contributed by atoms with Gasteiger partial charge in [0.15, 0.2) is 0 Å². The largest absolute Gasteiger partial charge is 0.256 e. The second kappa shape index (κ2) is 9.70. The lowest BCUT2D eigenvalue weighted by Gasteiger charge is -2.19. The van der Waals surface area contributed by atoms with Crippen LogP contribution in [0.25, 0.3) is 76.6 Å². The van der Waals surface area contributed by atoms with Crippen molar-refractivity contribution in [3.05, 3.63) is 151 Å². The van der Waals surface area contributed by atoms with Crippen LogP contribution in [0, 0.1) is 11.3 Å². The fourth-order valence-corrected chi connectivity index (χ4v) is 6.39. The Kier molecular flexibility index (Phi) is 5.55. The van der Waals surface area contributed by atoms with E-state index in [4.69, 9.17) is 0 Å². The van der Waals surface area contributed by atoms with Crippen LogP contribution in [0.15, 0.2) is 146 Å². The second-order valence-electron chi connectivity index (χ2n) is 10.7. The third-order valence-corrected chi connectivity index (χ3v) is 8.30. The van der Waals surface area contributed by atoms with E-state index >= 15 is 0 Å². The van der Waals surface area contributed by atoms with Crippen LogP contribution in [0.5, 0.6) is 0 Å². The van der Waals surface area contributed by atoms with E-state index in [0.29, 0.717) is 5.56 Å². The Labute approximate surface area is 243 Å². The van der Waals surface area contributed by atoms with E-state index in [1.807, 2.05) is 6.07 Å². The molecule has 42 heavy (non-hydrogen) atoms. The highest BCUT2D eigenvalue weighted by Gasteiger charge is 2.18. The van der Waals surface area contributed by atoms with E-state index in [9.17, 15) is 5.26 Å². The van der Waals surface area contributed by atoms with Gasteiger partial charge in [0.05, 0.1) is 17.3 Å². The van der Waals surface area contributed by atoms with E-state index < -0.39 is 0 Å². The number of nitrogens with zero attached hydrogens (tertiary/aromatic N) is 2. The van der Waals surface area contributed by atoms with E-state index in [-0.39, 0.29) is 0 Å². The van der Waals surface area contributed by atoms with Gasteiger partial charge in [-0.2, -0.15) is 5.26 Å². The van der Waals surface area contributed by atoms with Crippen LogP contribution in [0.4, 0.5) is 0 Å². The van der Waals surface area contributed by atoms with Crippen molar-refractivity contribution in [3.63, 3.8) is 0 Å². The highest BCUT2D eigenvalue weighted by atomic mass is 14.7. The Morgan fingerprint density at radius 1 is 0.452 bits per heavy atom. The zero-order chi connectivity index (χ0) is 28.0. The molecule has 194 valence electrons. The summed E-state index contributed by atoms with van der Waals surface area (Å²) in [5, 5.41) is 19.1. The average Bonchev–Trinajstić information content (AvgIpc) is 3.06. The van der Waals surface area contributed by atoms with Gasteiger partial charge in [-0.25, -0.2) is 0 Å². The summed E-state index contributed by atoms with van der Waals surface area (Å²) in [7, 11) is 0. The number of hydrogen-bond donors (Lipinski definition) is 0. The zero-order valence-corrected chi connectivity index (χ0v) is 22.8. The number of benzene rings is 7. The molecular weight excluding hydrogens is 508 g/mol. The predicted octanol–water partition coefficient (Wildman–Crippen LogP) is 10.6. The third-order valence-electron chi connectivity index (χ3n) is 8.30. The minimum Gasteiger partial charge on any atom is -0.256 e. The zero-order valence-electron chi connectivity index (χ0n) is 22.8. The number of hydrogen-bond acceptors (Lipinski definition) is 2. The molecule has 0 aliphatic rings. The molecule has 0 saturated carbocycles. The van der Waals surface area contributed by atoms with Gasteiger partial charge < -0.3 is 0 Å². The standard InChI is InChI=1S/C40H24N2/c41-25-26-20-21-42-38(22-26)30-18-16-29-24-31(19-17-28(29)23-30)39-34-11-3-5-13-36(34)40(37-14-6-4-12-35(37)39)33-15-7-9-27-8-1-2-10-32(27)33/h1-24H. The molecule has 0 unspecified atom stereocenters. The van der Waals surface area contributed by atoms with Gasteiger partial charge in [-0.1, -0.05) is 115 Å². The molecule has 1 aromatic heterocycles. The van der Waals surface area contributed by atoms with E-state index in [0.717, 1.165) is 16.6 Å². The lowest BCUT2D eigenvalue weighted by molar-refractivity contribution is 1.31. The van der Waals surface area contributed by atoms with Crippen molar-refractivity contribution < 1.29 is 0 Å². The third kappa shape index (κ3) is 3.84. The van der Waals surface area contributed by atoms with Crippen molar-refractivity contribution in [2.24, 2.45) is 0 Å². The summed E-state index contributed by atoms with van der Waals surface area (Å²) in [6.45, 7) is 0. The van der Waals surface area contributed by atoms with Gasteiger partial charge in [0, 0.05) is 11.8 Å². The lowest BCUT2D eigenvalue weighted by atomic mass is 9.84. The monoisotopic (exact) mass is 532 g/mol. The van der Waals surface area contributed by atoms with Crippen LogP contribution in [-0.2, 0) is 0 Å². The summed E-state index contributed by atoms with van der Waals surface area (Å²) < 4.78 is 0. The topological polar surface area (TPSA) is 36.7 Å². The summed E-state index contributed by atoms with van der Waals surface area (Å²) in [6, 6.07) is 51.8. The molecule has 0 fully saturated rings. The van der Waals surface area contributed by atoms with Crippen LogP contribution in [0.2, 0.25) is 0 Å². The number of fused-ring (bicyclic) bond motifs is 4. The quantitative estimate of drug-likeness (QED) is 0.212. The maximum atomic E-state index is 9.32. The molecule has 0 atom stereocenters. The molecule has 0 radical (unpaired) electrons. The molecule has 8 aromatic rings. The minimum absolute atomic E-state index is 0.612. The molecule has 0 saturated heterocycles. The molecule has 2 nitrogen and oxygen atoms in total. The first-order valence-corrected chi connectivity index (χ1v) is 14.1. The number of rotatable bonds is 3. The van der Waals surface area contributed by atoms with Crippen molar-refractivity contribution in [3.8, 4) is 39.6 Å². The molecular formula is C40H24N2. The van der Waals surface area contributed by atoms with E-state index in [1.54, 1.807) is 12.3 Å². The van der Waals surface area contributed by atoms with Crippen molar-refractivity contribution in [2.45, 2.75) is 0 Å². The van der Waals surface area contributed by atoms with Crippen molar-refractivity contribution in [1.29, 1.82) is 5.26 Å². The van der Waals surface area contributed by atoms with Gasteiger partial charge in [0.1, 0.15) is 0 Å². The maximum absolute atomic E-state index is 9.32. The van der Waals surface area contributed by atoms with E-state index in [2.05, 4.69) is 138 Å². The maximum Gasteiger partial charge on any atom is 0.0992 e. The number of nitriles is 1. The van der Waals surface area contributed by atoms with Crippen LogP contribution in [0.3, 0.4) is 0 Å². The molecule has 0 bridgehead atoms. The van der Waals surface area contributed by atoms with Crippen LogP contribution in [0.1, 0.15) is 5.56 Å². The Hall–Kier alpha value is -5.78. The Morgan fingerprint density at radius 3 is 1.71 bits per heavy atom. The summed E-state index contributed by atoms with van der Waals surface area (Å²) in [5.74, 6) is 0. The van der Waals surface area contributed by atoms with Gasteiger partial charge in [-0.15, -0.1) is 0 Å². The first kappa shape index (κ1) is 24.1. The molecule has 1 heterocycles. The molecule has 2 heteroatoms. The molecule has 0 aliphatic heterocycles. The highest BCUT2D eigenvalue weighted by Crippen LogP contribution is 2.45. The normalized spacial score (nSPS) is 11.3. The van der Waals surface area contributed by atoms with Gasteiger partial charge in [0.25, 0.3) is 0 Å². The summed E-state index contributed by atoms with van der Waals surface area (Å²) in [6.07, 6.45) is 1.69. The van der Waals surface area contributed by atoms with Crippen molar-refractivity contribution in [2.75, 3.05) is 0 Å². The summed E-state index contributed by atoms with van der Waals surface area (Å²) in [5.41, 5.74) is 7.40. The fraction of sp³-hybridized carbons (Fsp3) is 0. The van der Waals surface area contributed by atoms with Crippen LogP contribution >= 0.6 is 0 Å². The van der Waals surface area contributed by atoms with Gasteiger partial charge in [-0.05, 0) is 89.6 Å². The van der Waals surface area contributed by atoms with Crippen LogP contribution < -0.4 is 0 Å². The summed E-state index contributed by atoms with van der Waals surface area (Å²) in [4.78, 5) is 4.50. The van der Waals surface area contributed by atoms with Crippen LogP contribution in [-0.4, -0.2) is 4.98 Å². The van der Waals surface area contributed by atoms with Gasteiger partial charge in [-0.3, -0.25) is 4.98 Å². The van der Waals surface area contributed by atoms with Crippen molar-refractivity contribution >= 4 is 43.1 Å². The van der Waals surface area contributed by atoms with Crippen molar-refractivity contribution in [1.82, 2.24) is 4.98 Å². The number of aromatic nitrogens is 1. The Morgan fingerprint density at radius 2 is 1.02 bits per heavy atom. The average molecular weight is 533 g/mol. The first-order valence-electron chi connectivity index (χ1n) is 14.1. The lowest BCUT2D eigenvalue weighted by Crippen LogP contribution is -1.92.